The average Bonchev–Trinajstić information content (AvgIpc) is 3.27. The van der Waals surface area contributed by atoms with Gasteiger partial charge >= 0.3 is 0 Å². The van der Waals surface area contributed by atoms with Gasteiger partial charge in [-0.25, -0.2) is 12.8 Å². The summed E-state index contributed by atoms with van der Waals surface area (Å²) in [6, 6.07) is 12.8. The van der Waals surface area contributed by atoms with Crippen molar-refractivity contribution in [1.29, 1.82) is 0 Å². The van der Waals surface area contributed by atoms with Gasteiger partial charge in [0.2, 0.25) is 10.0 Å². The predicted octanol–water partition coefficient (Wildman–Crippen LogP) is 3.60. The van der Waals surface area contributed by atoms with Gasteiger partial charge in [-0.2, -0.15) is 4.31 Å². The van der Waals surface area contributed by atoms with Crippen LogP contribution in [0.5, 0.6) is 0 Å². The number of aromatic nitrogens is 1. The van der Waals surface area contributed by atoms with Crippen LogP contribution in [0.1, 0.15) is 30.9 Å². The maximum Gasteiger partial charge on any atom is 0.252 e. The lowest BCUT2D eigenvalue weighted by Gasteiger charge is -2.25. The van der Waals surface area contributed by atoms with E-state index >= 15 is 0 Å². The number of halogens is 1. The quantitative estimate of drug-likeness (QED) is 0.604. The molecule has 1 aromatic heterocycles. The van der Waals surface area contributed by atoms with E-state index in [9.17, 15) is 17.6 Å². The molecule has 1 atom stereocenters. The summed E-state index contributed by atoms with van der Waals surface area (Å²) in [4.78, 5) is 15.1. The highest BCUT2D eigenvalue weighted by Crippen LogP contribution is 2.24. The molecule has 4 rings (SSSR count). The highest BCUT2D eigenvalue weighted by molar-refractivity contribution is 7.89. The summed E-state index contributed by atoms with van der Waals surface area (Å²) in [6.07, 6.45) is 2.12. The Morgan fingerprint density at radius 3 is 2.71 bits per heavy atom. The van der Waals surface area contributed by atoms with E-state index in [0.29, 0.717) is 17.7 Å². The molecule has 164 valence electrons. The summed E-state index contributed by atoms with van der Waals surface area (Å²) in [5.41, 5.74) is 1.74. The van der Waals surface area contributed by atoms with Crippen molar-refractivity contribution in [2.75, 3.05) is 13.2 Å². The molecule has 0 spiro atoms. The topological polar surface area (TPSA) is 79.5 Å². The van der Waals surface area contributed by atoms with Crippen LogP contribution in [0.3, 0.4) is 0 Å². The molecule has 1 saturated heterocycles. The van der Waals surface area contributed by atoms with Crippen molar-refractivity contribution in [1.82, 2.24) is 9.29 Å². The van der Waals surface area contributed by atoms with Crippen LogP contribution in [0.15, 0.2) is 58.2 Å². The number of pyridine rings is 1. The lowest BCUT2D eigenvalue weighted by atomic mass is 10.1. The Kier molecular flexibility index (Phi) is 6.22. The van der Waals surface area contributed by atoms with E-state index in [2.05, 4.69) is 4.98 Å². The summed E-state index contributed by atoms with van der Waals surface area (Å²) in [5.74, 6) is -0.820. The predicted molar refractivity (Wildman–Crippen MR) is 117 cm³/mol. The number of ether oxygens (including phenoxy) is 1. The number of nitrogens with one attached hydrogen (secondary N) is 1. The molecule has 1 unspecified atom stereocenters. The third-order valence-corrected chi connectivity index (χ3v) is 7.47. The molecule has 0 radical (unpaired) electrons. The van der Waals surface area contributed by atoms with E-state index in [1.54, 1.807) is 6.07 Å². The molecule has 0 saturated carbocycles. The third kappa shape index (κ3) is 4.56. The molecule has 3 aromatic rings. The maximum atomic E-state index is 14.4. The first kappa shape index (κ1) is 21.7. The van der Waals surface area contributed by atoms with Gasteiger partial charge in [-0.1, -0.05) is 25.1 Å². The van der Waals surface area contributed by atoms with Crippen molar-refractivity contribution in [3.63, 3.8) is 0 Å². The van der Waals surface area contributed by atoms with E-state index in [1.165, 1.54) is 18.2 Å². The van der Waals surface area contributed by atoms with Crippen LogP contribution in [0, 0.1) is 5.82 Å². The van der Waals surface area contributed by atoms with Crippen LogP contribution in [0.4, 0.5) is 4.39 Å². The smallest absolute Gasteiger partial charge is 0.252 e. The van der Waals surface area contributed by atoms with Gasteiger partial charge in [-0.3, -0.25) is 4.79 Å². The molecule has 8 heteroatoms. The van der Waals surface area contributed by atoms with Gasteiger partial charge in [-0.15, -0.1) is 0 Å². The fourth-order valence-electron chi connectivity index (χ4n) is 3.88. The minimum absolute atomic E-state index is 0.0587. The summed E-state index contributed by atoms with van der Waals surface area (Å²) in [5, 5.41) is 0.828. The van der Waals surface area contributed by atoms with Gasteiger partial charge in [0.05, 0.1) is 6.10 Å². The molecule has 1 fully saturated rings. The van der Waals surface area contributed by atoms with Crippen molar-refractivity contribution in [2.45, 2.75) is 43.7 Å². The van der Waals surface area contributed by atoms with Crippen LogP contribution < -0.4 is 5.56 Å². The van der Waals surface area contributed by atoms with Crippen LogP contribution in [0.25, 0.3) is 10.9 Å². The zero-order valence-corrected chi connectivity index (χ0v) is 18.1. The van der Waals surface area contributed by atoms with Gasteiger partial charge < -0.3 is 9.72 Å². The van der Waals surface area contributed by atoms with Gasteiger partial charge in [0.25, 0.3) is 5.56 Å². The van der Waals surface area contributed by atoms with Crippen molar-refractivity contribution >= 4 is 20.9 Å². The minimum Gasteiger partial charge on any atom is -0.377 e. The molecule has 0 amide bonds. The molecule has 6 nitrogen and oxygen atoms in total. The van der Waals surface area contributed by atoms with Crippen LogP contribution in [-0.2, 0) is 27.7 Å². The number of hydrogen-bond donors (Lipinski definition) is 1. The fraction of sp³-hybridized carbons (Fsp3) is 0.348. The molecule has 1 N–H and O–H groups in total. The van der Waals surface area contributed by atoms with E-state index in [1.807, 2.05) is 25.1 Å². The first-order chi connectivity index (χ1) is 14.9. The number of aryl methyl sites for hydroxylation is 1. The fourth-order valence-corrected chi connectivity index (χ4v) is 5.40. The molecule has 0 aliphatic carbocycles. The molecule has 2 aromatic carbocycles. The Balaban J connectivity index is 1.75. The zero-order valence-electron chi connectivity index (χ0n) is 17.3. The molecule has 0 bridgehead atoms. The maximum absolute atomic E-state index is 14.4. The minimum atomic E-state index is -4.17. The van der Waals surface area contributed by atoms with Crippen molar-refractivity contribution in [3.05, 3.63) is 75.8 Å². The van der Waals surface area contributed by atoms with Gasteiger partial charge in [-0.05, 0) is 60.5 Å². The number of H-pyrrole nitrogens is 1. The molecule has 1 aliphatic heterocycles. The van der Waals surface area contributed by atoms with E-state index in [0.717, 1.165) is 40.6 Å². The van der Waals surface area contributed by atoms with Crippen molar-refractivity contribution in [2.24, 2.45) is 0 Å². The molecular weight excluding hydrogens is 419 g/mol. The first-order valence-electron chi connectivity index (χ1n) is 10.4. The molecule has 1 aliphatic rings. The second kappa shape index (κ2) is 8.90. The standard InChI is InChI=1S/C23H25FN2O4S/c1-2-16-9-10-21-17(12-16)13-18(23(27)25-21)14-26(15-19-6-5-11-30-19)31(28,29)22-8-4-3-7-20(22)24/h3-4,7-10,12-13,19H,2,5-6,11,14-15H2,1H3,(H,25,27). The van der Waals surface area contributed by atoms with E-state index in [-0.39, 0.29) is 24.8 Å². The lowest BCUT2D eigenvalue weighted by Crippen LogP contribution is -2.38. The number of rotatable bonds is 7. The Labute approximate surface area is 180 Å². The highest BCUT2D eigenvalue weighted by atomic mass is 32.2. The van der Waals surface area contributed by atoms with Crippen molar-refractivity contribution in [3.8, 4) is 0 Å². The third-order valence-electron chi connectivity index (χ3n) is 5.63. The van der Waals surface area contributed by atoms with Gasteiger partial charge in [0, 0.05) is 30.8 Å². The number of benzene rings is 2. The number of aromatic amines is 1. The molecule has 2 heterocycles. The van der Waals surface area contributed by atoms with E-state index < -0.39 is 20.7 Å². The summed E-state index contributed by atoms with van der Waals surface area (Å²) in [6.45, 7) is 2.49. The number of fused-ring (bicyclic) bond motifs is 1. The normalized spacial score (nSPS) is 16.9. The van der Waals surface area contributed by atoms with Crippen LogP contribution in [-0.4, -0.2) is 37.0 Å². The number of nitrogens with zero attached hydrogens (tertiary/aromatic N) is 1. The van der Waals surface area contributed by atoms with Gasteiger partial charge in [0.15, 0.2) is 0 Å². The molecule has 31 heavy (non-hydrogen) atoms. The average molecular weight is 445 g/mol. The highest BCUT2D eigenvalue weighted by Gasteiger charge is 2.31. The Morgan fingerprint density at radius 1 is 1.19 bits per heavy atom. The van der Waals surface area contributed by atoms with Gasteiger partial charge in [0.1, 0.15) is 10.7 Å². The zero-order chi connectivity index (χ0) is 22.0. The van der Waals surface area contributed by atoms with E-state index in [4.69, 9.17) is 4.74 Å². The van der Waals surface area contributed by atoms with Crippen LogP contribution >= 0.6 is 0 Å². The Hall–Kier alpha value is -2.55. The second-order valence-electron chi connectivity index (χ2n) is 7.76. The summed E-state index contributed by atoms with van der Waals surface area (Å²) in [7, 11) is -4.17. The first-order valence-corrected chi connectivity index (χ1v) is 11.8. The number of sulfonamides is 1. The monoisotopic (exact) mass is 444 g/mol. The summed E-state index contributed by atoms with van der Waals surface area (Å²) < 4.78 is 47.8. The Morgan fingerprint density at radius 2 is 2.00 bits per heavy atom. The largest absolute Gasteiger partial charge is 0.377 e. The molecular formula is C23H25FN2O4S. The SMILES string of the molecule is CCc1ccc2[nH]c(=O)c(CN(CC3CCCO3)S(=O)(=O)c3ccccc3F)cc2c1. The summed E-state index contributed by atoms with van der Waals surface area (Å²) >= 11 is 0. The van der Waals surface area contributed by atoms with Crippen molar-refractivity contribution < 1.29 is 17.5 Å². The Bertz CT molecular complexity index is 1250. The second-order valence-corrected chi connectivity index (χ2v) is 9.67. The van der Waals surface area contributed by atoms with Crippen LogP contribution in [0.2, 0.25) is 0 Å². The number of hydrogen-bond acceptors (Lipinski definition) is 4. The lowest BCUT2D eigenvalue weighted by molar-refractivity contribution is 0.0925.